The SMILES string of the molecule is CCCCC1NC(CO)=C(Cl)N1Cc1ccc(Br)cc1. The molecule has 1 unspecified atom stereocenters. The van der Waals surface area contributed by atoms with Gasteiger partial charge in [-0.2, -0.15) is 0 Å². The molecular weight excluding hydrogens is 340 g/mol. The Hall–Kier alpha value is -0.710. The number of halogens is 2. The van der Waals surface area contributed by atoms with Gasteiger partial charge in [0.1, 0.15) is 5.16 Å². The first kappa shape index (κ1) is 15.7. The first-order valence-electron chi connectivity index (χ1n) is 6.92. The molecule has 0 saturated heterocycles. The third-order valence-corrected chi connectivity index (χ3v) is 4.45. The van der Waals surface area contributed by atoms with E-state index >= 15 is 0 Å². The van der Waals surface area contributed by atoms with Crippen molar-refractivity contribution in [3.05, 3.63) is 45.2 Å². The molecule has 0 radical (unpaired) electrons. The third kappa shape index (κ3) is 3.68. The molecule has 1 aromatic carbocycles. The normalized spacial score (nSPS) is 18.6. The fourth-order valence-electron chi connectivity index (χ4n) is 2.35. The summed E-state index contributed by atoms with van der Waals surface area (Å²) in [4.78, 5) is 2.13. The van der Waals surface area contributed by atoms with Gasteiger partial charge in [0.2, 0.25) is 0 Å². The molecule has 1 aliphatic rings. The fourth-order valence-corrected chi connectivity index (χ4v) is 2.91. The fraction of sp³-hybridized carbons (Fsp3) is 0.467. The Balaban J connectivity index is 2.11. The van der Waals surface area contributed by atoms with Crippen molar-refractivity contribution in [2.24, 2.45) is 0 Å². The number of unbranched alkanes of at least 4 members (excludes halogenated alkanes) is 1. The lowest BCUT2D eigenvalue weighted by molar-refractivity contribution is 0.242. The van der Waals surface area contributed by atoms with Crippen LogP contribution >= 0.6 is 27.5 Å². The first-order valence-corrected chi connectivity index (χ1v) is 8.10. The molecular formula is C15H20BrClN2O. The van der Waals surface area contributed by atoms with Crippen LogP contribution in [0.5, 0.6) is 0 Å². The average Bonchev–Trinajstić information content (AvgIpc) is 2.75. The molecule has 0 fully saturated rings. The Bertz CT molecular complexity index is 475. The summed E-state index contributed by atoms with van der Waals surface area (Å²) in [5, 5.41) is 13.3. The van der Waals surface area contributed by atoms with Crippen LogP contribution in [0, 0.1) is 0 Å². The third-order valence-electron chi connectivity index (χ3n) is 3.47. The van der Waals surface area contributed by atoms with Gasteiger partial charge in [0, 0.05) is 11.0 Å². The molecule has 5 heteroatoms. The highest BCUT2D eigenvalue weighted by atomic mass is 79.9. The van der Waals surface area contributed by atoms with E-state index in [4.69, 9.17) is 11.6 Å². The summed E-state index contributed by atoms with van der Waals surface area (Å²) in [6.07, 6.45) is 3.48. The molecule has 110 valence electrons. The number of benzene rings is 1. The summed E-state index contributed by atoms with van der Waals surface area (Å²) < 4.78 is 1.07. The van der Waals surface area contributed by atoms with E-state index in [0.29, 0.717) is 5.16 Å². The molecule has 0 saturated carbocycles. The lowest BCUT2D eigenvalue weighted by Crippen LogP contribution is -2.36. The molecule has 1 atom stereocenters. The van der Waals surface area contributed by atoms with Crippen molar-refractivity contribution in [3.63, 3.8) is 0 Å². The minimum absolute atomic E-state index is 0.0434. The Kier molecular flexibility index (Phi) is 5.75. The van der Waals surface area contributed by atoms with E-state index in [1.54, 1.807) is 0 Å². The number of aliphatic hydroxyl groups is 1. The van der Waals surface area contributed by atoms with Crippen LogP contribution < -0.4 is 5.32 Å². The summed E-state index contributed by atoms with van der Waals surface area (Å²) in [5.74, 6) is 0. The molecule has 20 heavy (non-hydrogen) atoms. The monoisotopic (exact) mass is 358 g/mol. The summed E-state index contributed by atoms with van der Waals surface area (Å²) >= 11 is 9.82. The zero-order chi connectivity index (χ0) is 14.5. The highest BCUT2D eigenvalue weighted by molar-refractivity contribution is 9.10. The number of hydrogen-bond donors (Lipinski definition) is 2. The second-order valence-corrected chi connectivity index (χ2v) is 6.26. The van der Waals surface area contributed by atoms with Crippen molar-refractivity contribution in [1.82, 2.24) is 10.2 Å². The van der Waals surface area contributed by atoms with Gasteiger partial charge in [-0.05, 0) is 30.5 Å². The zero-order valence-electron chi connectivity index (χ0n) is 11.6. The van der Waals surface area contributed by atoms with Crippen LogP contribution in [0.2, 0.25) is 0 Å². The molecule has 0 aromatic heterocycles. The predicted molar refractivity (Wildman–Crippen MR) is 86.1 cm³/mol. The molecule has 1 heterocycles. The molecule has 0 spiro atoms. The molecule has 0 aliphatic carbocycles. The largest absolute Gasteiger partial charge is 0.390 e. The van der Waals surface area contributed by atoms with E-state index in [2.05, 4.69) is 45.2 Å². The Morgan fingerprint density at radius 2 is 2.05 bits per heavy atom. The summed E-state index contributed by atoms with van der Waals surface area (Å²) in [6.45, 7) is 2.88. The van der Waals surface area contributed by atoms with Crippen LogP contribution in [-0.4, -0.2) is 22.8 Å². The van der Waals surface area contributed by atoms with E-state index in [9.17, 15) is 5.11 Å². The van der Waals surface area contributed by atoms with E-state index in [1.165, 1.54) is 5.56 Å². The van der Waals surface area contributed by atoms with Crippen molar-refractivity contribution < 1.29 is 5.11 Å². The van der Waals surface area contributed by atoms with Crippen LogP contribution in [-0.2, 0) is 6.54 Å². The van der Waals surface area contributed by atoms with E-state index in [1.807, 2.05) is 12.1 Å². The van der Waals surface area contributed by atoms with Gasteiger partial charge >= 0.3 is 0 Å². The highest BCUT2D eigenvalue weighted by Crippen LogP contribution is 2.28. The first-order chi connectivity index (χ1) is 9.65. The van der Waals surface area contributed by atoms with Gasteiger partial charge in [-0.3, -0.25) is 0 Å². The van der Waals surface area contributed by atoms with Gasteiger partial charge in [0.25, 0.3) is 0 Å². The van der Waals surface area contributed by atoms with Crippen molar-refractivity contribution in [2.75, 3.05) is 6.61 Å². The lowest BCUT2D eigenvalue weighted by atomic mass is 10.1. The number of hydrogen-bond acceptors (Lipinski definition) is 3. The number of aliphatic hydroxyl groups excluding tert-OH is 1. The van der Waals surface area contributed by atoms with Crippen LogP contribution in [0.25, 0.3) is 0 Å². The minimum Gasteiger partial charge on any atom is -0.390 e. The maximum absolute atomic E-state index is 9.36. The van der Waals surface area contributed by atoms with Crippen molar-refractivity contribution in [2.45, 2.75) is 38.9 Å². The molecule has 3 nitrogen and oxygen atoms in total. The van der Waals surface area contributed by atoms with Crippen LogP contribution in [0.4, 0.5) is 0 Å². The number of rotatable bonds is 6. The summed E-state index contributed by atoms with van der Waals surface area (Å²) in [5.41, 5.74) is 1.93. The Morgan fingerprint density at radius 3 is 2.65 bits per heavy atom. The zero-order valence-corrected chi connectivity index (χ0v) is 13.9. The molecule has 2 N–H and O–H groups in total. The molecule has 0 bridgehead atoms. The van der Waals surface area contributed by atoms with Gasteiger partial charge < -0.3 is 15.3 Å². The molecule has 1 aliphatic heterocycles. The molecule has 1 aromatic rings. The van der Waals surface area contributed by atoms with Crippen LogP contribution in [0.1, 0.15) is 31.7 Å². The van der Waals surface area contributed by atoms with Crippen LogP contribution in [0.3, 0.4) is 0 Å². The van der Waals surface area contributed by atoms with Gasteiger partial charge in [-0.15, -0.1) is 0 Å². The molecule has 2 rings (SSSR count). The smallest absolute Gasteiger partial charge is 0.128 e. The lowest BCUT2D eigenvalue weighted by Gasteiger charge is -2.27. The topological polar surface area (TPSA) is 35.5 Å². The summed E-state index contributed by atoms with van der Waals surface area (Å²) in [6, 6.07) is 8.24. The minimum atomic E-state index is -0.0434. The van der Waals surface area contributed by atoms with Gasteiger partial charge in [-0.25, -0.2) is 0 Å². The van der Waals surface area contributed by atoms with Crippen molar-refractivity contribution in [1.29, 1.82) is 0 Å². The van der Waals surface area contributed by atoms with Crippen LogP contribution in [0.15, 0.2) is 39.6 Å². The quantitative estimate of drug-likeness (QED) is 0.759. The Labute approximate surface area is 133 Å². The maximum atomic E-state index is 9.36. The summed E-state index contributed by atoms with van der Waals surface area (Å²) in [7, 11) is 0. The highest BCUT2D eigenvalue weighted by Gasteiger charge is 2.29. The van der Waals surface area contributed by atoms with E-state index < -0.39 is 0 Å². The second-order valence-electron chi connectivity index (χ2n) is 4.98. The molecule has 0 amide bonds. The van der Waals surface area contributed by atoms with Crippen molar-refractivity contribution >= 4 is 27.5 Å². The maximum Gasteiger partial charge on any atom is 0.128 e. The number of nitrogens with zero attached hydrogens (tertiary/aromatic N) is 1. The van der Waals surface area contributed by atoms with Gasteiger partial charge in [-0.1, -0.05) is 53.0 Å². The predicted octanol–water partition coefficient (Wildman–Crippen LogP) is 3.77. The van der Waals surface area contributed by atoms with Gasteiger partial charge in [0.05, 0.1) is 18.5 Å². The number of nitrogens with one attached hydrogen (secondary N) is 1. The average molecular weight is 360 g/mol. The van der Waals surface area contributed by atoms with E-state index in [0.717, 1.165) is 36.0 Å². The standard InChI is InChI=1S/C15H20BrClN2O/c1-2-3-4-14-18-13(10-20)15(17)19(14)9-11-5-7-12(16)8-6-11/h5-8,14,18,20H,2-4,9-10H2,1H3. The Morgan fingerprint density at radius 1 is 1.35 bits per heavy atom. The van der Waals surface area contributed by atoms with E-state index in [-0.39, 0.29) is 12.8 Å². The van der Waals surface area contributed by atoms with Crippen molar-refractivity contribution in [3.8, 4) is 0 Å². The van der Waals surface area contributed by atoms with Gasteiger partial charge in [0.15, 0.2) is 0 Å². The second kappa shape index (κ2) is 7.34.